The molecule has 1 heterocycles. The third kappa shape index (κ3) is 3.87. The number of aromatic nitrogens is 1. The highest BCUT2D eigenvalue weighted by atomic mass is 32.1. The monoisotopic (exact) mass is 238 g/mol. The number of aliphatic hydroxyl groups is 1. The van der Waals surface area contributed by atoms with Crippen LogP contribution in [0, 0.1) is 0 Å². The van der Waals surface area contributed by atoms with Crippen LogP contribution in [0.2, 0.25) is 0 Å². The molecule has 0 aliphatic rings. The molecule has 0 amide bonds. The molecule has 0 spiro atoms. The van der Waals surface area contributed by atoms with E-state index in [9.17, 15) is 0 Å². The van der Waals surface area contributed by atoms with Crippen molar-refractivity contribution >= 4 is 17.2 Å². The summed E-state index contributed by atoms with van der Waals surface area (Å²) in [7, 11) is 1.84. The Labute approximate surface area is 102 Å². The molecule has 0 saturated carbocycles. The average molecular weight is 238 g/mol. The van der Waals surface area contributed by atoms with Crippen LogP contribution in [0.3, 0.4) is 0 Å². The molecule has 0 bridgehead atoms. The predicted molar refractivity (Wildman–Crippen MR) is 69.6 cm³/mol. The molecule has 0 aliphatic carbocycles. The van der Waals surface area contributed by atoms with Crippen molar-refractivity contribution in [2.75, 3.05) is 13.7 Å². The maximum Gasteiger partial charge on any atom is 0.0827 e. The number of likely N-dealkylation sites (N-methyl/N-ethyl adjacent to an activating group) is 1. The second kappa shape index (κ2) is 7.30. The molecule has 0 radical (unpaired) electrons. The number of unbranched alkanes of at least 4 members (excludes halogenated alkanes) is 1. The highest BCUT2D eigenvalue weighted by Gasteiger charge is 2.15. The van der Waals surface area contributed by atoms with E-state index < -0.39 is 0 Å². The van der Waals surface area contributed by atoms with Crippen molar-refractivity contribution < 1.29 is 5.11 Å². The number of nitrogens with one attached hydrogen (secondary N) is 1. The third-order valence-electron chi connectivity index (χ3n) is 2.55. The Hall–Kier alpha value is -1.00. The maximum absolute atomic E-state index is 8.78. The van der Waals surface area contributed by atoms with Crippen molar-refractivity contribution in [2.45, 2.75) is 25.2 Å². The minimum atomic E-state index is 0.209. The van der Waals surface area contributed by atoms with Crippen LogP contribution in [0.4, 0.5) is 0 Å². The summed E-state index contributed by atoms with van der Waals surface area (Å²) < 4.78 is 0. The lowest BCUT2D eigenvalue weighted by molar-refractivity contribution is 0.282. The SMILES string of the molecule is CNC(=S)C(CCCCO)c1cccnc1. The lowest BCUT2D eigenvalue weighted by atomic mass is 9.94. The lowest BCUT2D eigenvalue weighted by Crippen LogP contribution is -2.24. The summed E-state index contributed by atoms with van der Waals surface area (Å²) in [5.74, 6) is 0.209. The summed E-state index contributed by atoms with van der Waals surface area (Å²) in [4.78, 5) is 4.95. The van der Waals surface area contributed by atoms with Crippen LogP contribution < -0.4 is 5.32 Å². The summed E-state index contributed by atoms with van der Waals surface area (Å²) in [6, 6.07) is 3.97. The molecule has 0 saturated heterocycles. The highest BCUT2D eigenvalue weighted by molar-refractivity contribution is 7.80. The standard InChI is InChI=1S/C12H18N2OS/c1-13-12(16)11(6-2-3-8-15)10-5-4-7-14-9-10/h4-5,7,9,11,15H,2-3,6,8H2,1H3,(H,13,16). The molecule has 0 fully saturated rings. The molecule has 1 aromatic heterocycles. The minimum absolute atomic E-state index is 0.209. The van der Waals surface area contributed by atoms with Crippen molar-refractivity contribution in [3.05, 3.63) is 30.1 Å². The molecule has 1 aromatic rings. The second-order valence-corrected chi connectivity index (χ2v) is 4.11. The van der Waals surface area contributed by atoms with E-state index in [0.29, 0.717) is 0 Å². The van der Waals surface area contributed by atoms with Crippen LogP contribution in [-0.2, 0) is 0 Å². The van der Waals surface area contributed by atoms with E-state index in [1.165, 1.54) is 0 Å². The third-order valence-corrected chi connectivity index (χ3v) is 3.04. The Kier molecular flexibility index (Phi) is 5.96. The van der Waals surface area contributed by atoms with Crippen molar-refractivity contribution in [3.8, 4) is 0 Å². The number of hydrogen-bond acceptors (Lipinski definition) is 3. The van der Waals surface area contributed by atoms with Gasteiger partial charge in [0.15, 0.2) is 0 Å². The van der Waals surface area contributed by atoms with Gasteiger partial charge in [-0.2, -0.15) is 0 Å². The van der Waals surface area contributed by atoms with Gasteiger partial charge < -0.3 is 10.4 Å². The molecular formula is C12H18N2OS. The smallest absolute Gasteiger partial charge is 0.0827 e. The van der Waals surface area contributed by atoms with Gasteiger partial charge in [0, 0.05) is 32.0 Å². The zero-order valence-corrected chi connectivity index (χ0v) is 10.3. The van der Waals surface area contributed by atoms with Crippen LogP contribution >= 0.6 is 12.2 Å². The Balaban J connectivity index is 2.68. The van der Waals surface area contributed by atoms with Gasteiger partial charge in [-0.15, -0.1) is 0 Å². The Morgan fingerprint density at radius 1 is 1.56 bits per heavy atom. The first kappa shape index (κ1) is 13.1. The number of aliphatic hydroxyl groups excluding tert-OH is 1. The summed E-state index contributed by atoms with van der Waals surface area (Å²) in [5, 5.41) is 11.8. The quantitative estimate of drug-likeness (QED) is 0.587. The topological polar surface area (TPSA) is 45.1 Å². The van der Waals surface area contributed by atoms with Gasteiger partial charge in [0.25, 0.3) is 0 Å². The summed E-state index contributed by atoms with van der Waals surface area (Å²) in [6.07, 6.45) is 6.36. The number of pyridine rings is 1. The zero-order valence-electron chi connectivity index (χ0n) is 9.52. The molecule has 2 N–H and O–H groups in total. The summed E-state index contributed by atoms with van der Waals surface area (Å²) in [6.45, 7) is 0.242. The Bertz CT molecular complexity index is 316. The normalized spacial score (nSPS) is 12.1. The van der Waals surface area contributed by atoms with Crippen molar-refractivity contribution in [2.24, 2.45) is 0 Å². The number of thiocarbonyl (C=S) groups is 1. The largest absolute Gasteiger partial charge is 0.396 e. The highest BCUT2D eigenvalue weighted by Crippen LogP contribution is 2.22. The first-order chi connectivity index (χ1) is 7.79. The molecule has 88 valence electrons. The van der Waals surface area contributed by atoms with Crippen LogP contribution in [0.25, 0.3) is 0 Å². The van der Waals surface area contributed by atoms with Crippen molar-refractivity contribution in [3.63, 3.8) is 0 Å². The second-order valence-electron chi connectivity index (χ2n) is 3.67. The van der Waals surface area contributed by atoms with Crippen LogP contribution in [0.15, 0.2) is 24.5 Å². The average Bonchev–Trinajstić information content (AvgIpc) is 2.35. The first-order valence-corrected chi connectivity index (χ1v) is 5.92. The van der Waals surface area contributed by atoms with Gasteiger partial charge in [-0.05, 0) is 24.5 Å². The molecule has 3 nitrogen and oxygen atoms in total. The molecule has 16 heavy (non-hydrogen) atoms. The van der Waals surface area contributed by atoms with E-state index in [1.807, 2.05) is 25.4 Å². The number of rotatable bonds is 6. The van der Waals surface area contributed by atoms with Gasteiger partial charge in [-0.25, -0.2) is 0 Å². The molecule has 4 heteroatoms. The molecule has 1 rings (SSSR count). The number of nitrogens with zero attached hydrogens (tertiary/aromatic N) is 1. The van der Waals surface area contributed by atoms with Gasteiger partial charge in [0.2, 0.25) is 0 Å². The van der Waals surface area contributed by atoms with Gasteiger partial charge in [-0.3, -0.25) is 4.98 Å². The molecule has 1 unspecified atom stereocenters. The van der Waals surface area contributed by atoms with E-state index in [-0.39, 0.29) is 12.5 Å². The van der Waals surface area contributed by atoms with E-state index in [0.717, 1.165) is 29.8 Å². The van der Waals surface area contributed by atoms with Crippen molar-refractivity contribution in [1.29, 1.82) is 0 Å². The fourth-order valence-electron chi connectivity index (χ4n) is 1.67. The van der Waals surface area contributed by atoms with E-state index in [4.69, 9.17) is 17.3 Å². The molecule has 1 atom stereocenters. The van der Waals surface area contributed by atoms with E-state index in [1.54, 1.807) is 6.20 Å². The Morgan fingerprint density at radius 2 is 2.38 bits per heavy atom. The lowest BCUT2D eigenvalue weighted by Gasteiger charge is -2.17. The molecule has 0 aliphatic heterocycles. The minimum Gasteiger partial charge on any atom is -0.396 e. The van der Waals surface area contributed by atoms with E-state index in [2.05, 4.69) is 10.3 Å². The summed E-state index contributed by atoms with van der Waals surface area (Å²) in [5.41, 5.74) is 1.14. The van der Waals surface area contributed by atoms with Crippen LogP contribution in [0.5, 0.6) is 0 Å². The predicted octanol–water partition coefficient (Wildman–Crippen LogP) is 1.87. The molecular weight excluding hydrogens is 220 g/mol. The summed E-state index contributed by atoms with van der Waals surface area (Å²) >= 11 is 5.31. The van der Waals surface area contributed by atoms with E-state index >= 15 is 0 Å². The van der Waals surface area contributed by atoms with Crippen LogP contribution in [-0.4, -0.2) is 28.7 Å². The fraction of sp³-hybridized carbons (Fsp3) is 0.500. The van der Waals surface area contributed by atoms with Gasteiger partial charge in [-0.1, -0.05) is 24.7 Å². The van der Waals surface area contributed by atoms with Crippen molar-refractivity contribution in [1.82, 2.24) is 10.3 Å². The molecule has 0 aromatic carbocycles. The zero-order chi connectivity index (χ0) is 11.8. The Morgan fingerprint density at radius 3 is 2.94 bits per heavy atom. The van der Waals surface area contributed by atoms with Gasteiger partial charge in [0.05, 0.1) is 4.99 Å². The maximum atomic E-state index is 8.78. The first-order valence-electron chi connectivity index (χ1n) is 5.52. The fourth-order valence-corrected chi connectivity index (χ4v) is 1.92. The van der Waals surface area contributed by atoms with Gasteiger partial charge in [0.1, 0.15) is 0 Å². The van der Waals surface area contributed by atoms with Gasteiger partial charge >= 0.3 is 0 Å². The van der Waals surface area contributed by atoms with Crippen LogP contribution in [0.1, 0.15) is 30.7 Å². The number of hydrogen-bond donors (Lipinski definition) is 2.